The average Bonchev–Trinajstić information content (AvgIpc) is 2.07. The molecule has 3 heteroatoms. The van der Waals surface area contributed by atoms with E-state index in [1.54, 1.807) is 6.92 Å². The van der Waals surface area contributed by atoms with Gasteiger partial charge in [0.25, 0.3) is 0 Å². The van der Waals surface area contributed by atoms with Crippen LogP contribution in [0.2, 0.25) is 0 Å². The Hall–Kier alpha value is -1.40. The Morgan fingerprint density at radius 2 is 2.08 bits per heavy atom. The maximum atomic E-state index is 8.96. The van der Waals surface area contributed by atoms with Crippen LogP contribution >= 0.6 is 0 Å². The zero-order chi connectivity index (χ0) is 9.84. The standard InChI is InChI=1S/C10H12N2O/c1-7(13)4-5-10-8(2)9(3)11-6-12-10/h6-7,13H,1-3H3/t7-/m1/s1. The van der Waals surface area contributed by atoms with Crippen molar-refractivity contribution in [2.45, 2.75) is 26.9 Å². The van der Waals surface area contributed by atoms with Crippen LogP contribution < -0.4 is 0 Å². The lowest BCUT2D eigenvalue weighted by Gasteiger charge is -1.99. The van der Waals surface area contributed by atoms with Crippen LogP contribution in [0.4, 0.5) is 0 Å². The van der Waals surface area contributed by atoms with Crippen molar-refractivity contribution in [1.82, 2.24) is 9.97 Å². The Labute approximate surface area is 77.9 Å². The summed E-state index contributed by atoms with van der Waals surface area (Å²) in [4.78, 5) is 8.04. The minimum absolute atomic E-state index is 0.616. The fourth-order valence-corrected chi connectivity index (χ4v) is 0.837. The Balaban J connectivity index is 3.04. The maximum absolute atomic E-state index is 8.96. The molecule has 0 bridgehead atoms. The third-order valence-corrected chi connectivity index (χ3v) is 1.74. The van der Waals surface area contributed by atoms with Gasteiger partial charge < -0.3 is 5.11 Å². The molecule has 1 aromatic heterocycles. The summed E-state index contributed by atoms with van der Waals surface area (Å²) >= 11 is 0. The lowest BCUT2D eigenvalue weighted by molar-refractivity contribution is 0.253. The van der Waals surface area contributed by atoms with E-state index < -0.39 is 6.10 Å². The molecule has 0 radical (unpaired) electrons. The smallest absolute Gasteiger partial charge is 0.119 e. The van der Waals surface area contributed by atoms with Crippen LogP contribution in [0.25, 0.3) is 0 Å². The second kappa shape index (κ2) is 4.01. The summed E-state index contributed by atoms with van der Waals surface area (Å²) in [5, 5.41) is 8.96. The van der Waals surface area contributed by atoms with Gasteiger partial charge in [0.05, 0.1) is 0 Å². The van der Waals surface area contributed by atoms with Gasteiger partial charge in [-0.05, 0) is 26.7 Å². The molecule has 1 aromatic rings. The minimum atomic E-state index is -0.616. The Morgan fingerprint density at radius 3 is 2.69 bits per heavy atom. The number of rotatable bonds is 0. The van der Waals surface area contributed by atoms with Gasteiger partial charge in [0.2, 0.25) is 0 Å². The van der Waals surface area contributed by atoms with Gasteiger partial charge in [0.1, 0.15) is 18.1 Å². The molecule has 0 spiro atoms. The van der Waals surface area contributed by atoms with E-state index in [-0.39, 0.29) is 0 Å². The van der Waals surface area contributed by atoms with Crippen LogP contribution in [0.15, 0.2) is 6.33 Å². The molecular formula is C10H12N2O. The van der Waals surface area contributed by atoms with Crippen LogP contribution in [-0.4, -0.2) is 21.2 Å². The summed E-state index contributed by atoms with van der Waals surface area (Å²) in [5.74, 6) is 5.45. The first-order valence-electron chi connectivity index (χ1n) is 4.09. The molecule has 1 N–H and O–H groups in total. The number of aryl methyl sites for hydroxylation is 1. The van der Waals surface area contributed by atoms with Crippen molar-refractivity contribution in [1.29, 1.82) is 0 Å². The second-order valence-electron chi connectivity index (χ2n) is 2.88. The van der Waals surface area contributed by atoms with Crippen molar-refractivity contribution in [2.24, 2.45) is 0 Å². The zero-order valence-corrected chi connectivity index (χ0v) is 8.00. The fraction of sp³-hybridized carbons (Fsp3) is 0.400. The first kappa shape index (κ1) is 9.69. The van der Waals surface area contributed by atoms with Gasteiger partial charge >= 0.3 is 0 Å². The van der Waals surface area contributed by atoms with Crippen LogP contribution in [0.3, 0.4) is 0 Å². The molecule has 0 fully saturated rings. The lowest BCUT2D eigenvalue weighted by Crippen LogP contribution is -1.97. The van der Waals surface area contributed by atoms with Crippen molar-refractivity contribution in [2.75, 3.05) is 0 Å². The van der Waals surface area contributed by atoms with E-state index in [9.17, 15) is 0 Å². The molecule has 3 nitrogen and oxygen atoms in total. The van der Waals surface area contributed by atoms with Crippen LogP contribution in [-0.2, 0) is 0 Å². The highest BCUT2D eigenvalue weighted by Crippen LogP contribution is 2.04. The quantitative estimate of drug-likeness (QED) is 0.595. The van der Waals surface area contributed by atoms with Gasteiger partial charge in [0, 0.05) is 11.3 Å². The van der Waals surface area contributed by atoms with Crippen molar-refractivity contribution >= 4 is 0 Å². The Kier molecular flexibility index (Phi) is 2.99. The lowest BCUT2D eigenvalue weighted by atomic mass is 10.2. The van der Waals surface area contributed by atoms with Crippen LogP contribution in [0.5, 0.6) is 0 Å². The third-order valence-electron chi connectivity index (χ3n) is 1.74. The van der Waals surface area contributed by atoms with Gasteiger partial charge in [-0.2, -0.15) is 0 Å². The largest absolute Gasteiger partial charge is 0.381 e. The molecule has 1 atom stereocenters. The summed E-state index contributed by atoms with van der Waals surface area (Å²) in [6.45, 7) is 5.45. The van der Waals surface area contributed by atoms with E-state index in [4.69, 9.17) is 5.11 Å². The summed E-state index contributed by atoms with van der Waals surface area (Å²) in [5.41, 5.74) is 2.58. The summed E-state index contributed by atoms with van der Waals surface area (Å²) < 4.78 is 0. The van der Waals surface area contributed by atoms with Crippen LogP contribution in [0, 0.1) is 25.7 Å². The topological polar surface area (TPSA) is 46.0 Å². The molecule has 0 saturated heterocycles. The van der Waals surface area contributed by atoms with Crippen molar-refractivity contribution in [3.63, 3.8) is 0 Å². The van der Waals surface area contributed by atoms with Crippen LogP contribution in [0.1, 0.15) is 23.9 Å². The summed E-state index contributed by atoms with van der Waals surface area (Å²) in [7, 11) is 0. The number of hydrogen-bond donors (Lipinski definition) is 1. The first-order chi connectivity index (χ1) is 6.11. The van der Waals surface area contributed by atoms with E-state index in [0.29, 0.717) is 5.69 Å². The SMILES string of the molecule is Cc1ncnc(C#C[C@@H](C)O)c1C. The molecule has 0 aliphatic carbocycles. The maximum Gasteiger partial charge on any atom is 0.119 e. The van der Waals surface area contributed by atoms with E-state index in [2.05, 4.69) is 21.8 Å². The predicted octanol–water partition coefficient (Wildman–Crippen LogP) is 0.826. The highest BCUT2D eigenvalue weighted by atomic mass is 16.3. The van der Waals surface area contributed by atoms with Crippen molar-refractivity contribution in [3.05, 3.63) is 23.3 Å². The number of nitrogens with zero attached hydrogens (tertiary/aromatic N) is 2. The summed E-state index contributed by atoms with van der Waals surface area (Å²) in [6.07, 6.45) is 0.864. The third kappa shape index (κ3) is 2.53. The number of aliphatic hydroxyl groups excluding tert-OH is 1. The number of aromatic nitrogens is 2. The number of aliphatic hydroxyl groups is 1. The monoisotopic (exact) mass is 176 g/mol. The molecule has 68 valence electrons. The fourth-order valence-electron chi connectivity index (χ4n) is 0.837. The second-order valence-corrected chi connectivity index (χ2v) is 2.88. The Bertz CT molecular complexity index is 361. The van der Waals surface area contributed by atoms with Gasteiger partial charge in [-0.3, -0.25) is 0 Å². The van der Waals surface area contributed by atoms with Gasteiger partial charge in [0.15, 0.2) is 0 Å². The molecule has 1 heterocycles. The molecule has 1 rings (SSSR count). The van der Waals surface area contributed by atoms with E-state index in [1.807, 2.05) is 13.8 Å². The summed E-state index contributed by atoms with van der Waals surface area (Å²) in [6, 6.07) is 0. The molecule has 0 aliphatic heterocycles. The predicted molar refractivity (Wildman–Crippen MR) is 50.1 cm³/mol. The van der Waals surface area contributed by atoms with Gasteiger partial charge in [-0.15, -0.1) is 0 Å². The van der Waals surface area contributed by atoms with Crippen molar-refractivity contribution in [3.8, 4) is 11.8 Å². The molecule has 0 unspecified atom stereocenters. The molecule has 0 saturated carbocycles. The first-order valence-corrected chi connectivity index (χ1v) is 4.09. The molecule has 0 amide bonds. The normalized spacial score (nSPS) is 11.7. The van der Waals surface area contributed by atoms with Gasteiger partial charge in [-0.1, -0.05) is 5.92 Å². The molecule has 13 heavy (non-hydrogen) atoms. The average molecular weight is 176 g/mol. The molecular weight excluding hydrogens is 164 g/mol. The van der Waals surface area contributed by atoms with E-state index in [0.717, 1.165) is 11.3 Å². The zero-order valence-electron chi connectivity index (χ0n) is 8.00. The Morgan fingerprint density at radius 1 is 1.38 bits per heavy atom. The van der Waals surface area contributed by atoms with E-state index in [1.165, 1.54) is 6.33 Å². The highest BCUT2D eigenvalue weighted by molar-refractivity contribution is 5.36. The molecule has 0 aliphatic rings. The highest BCUT2D eigenvalue weighted by Gasteiger charge is 1.99. The molecule has 0 aromatic carbocycles. The minimum Gasteiger partial charge on any atom is -0.381 e. The van der Waals surface area contributed by atoms with Gasteiger partial charge in [-0.25, -0.2) is 9.97 Å². The van der Waals surface area contributed by atoms with E-state index >= 15 is 0 Å². The van der Waals surface area contributed by atoms with Crippen molar-refractivity contribution < 1.29 is 5.11 Å². The number of hydrogen-bond acceptors (Lipinski definition) is 3.